The summed E-state index contributed by atoms with van der Waals surface area (Å²) in [5.74, 6) is -1.76. The van der Waals surface area contributed by atoms with Crippen LogP contribution in [0.1, 0.15) is 19.3 Å². The Labute approximate surface area is 108 Å². The molecule has 0 radical (unpaired) electrons. The topological polar surface area (TPSA) is 54.4 Å². The van der Waals surface area contributed by atoms with Crippen LogP contribution in [0, 0.1) is 11.7 Å². The molecule has 0 spiro atoms. The molecule has 0 amide bonds. The molecule has 18 heavy (non-hydrogen) atoms. The van der Waals surface area contributed by atoms with Gasteiger partial charge < -0.3 is 5.11 Å². The van der Waals surface area contributed by atoms with Crippen LogP contribution in [0.25, 0.3) is 0 Å². The first-order chi connectivity index (χ1) is 8.56. The molecule has 1 saturated carbocycles. The van der Waals surface area contributed by atoms with Gasteiger partial charge in [0.05, 0.1) is 11.2 Å². The Hall–Kier alpha value is -1.36. The number of carboxylic acid groups (broad SMARTS) is 1. The van der Waals surface area contributed by atoms with Crippen molar-refractivity contribution in [1.29, 1.82) is 0 Å². The van der Waals surface area contributed by atoms with Gasteiger partial charge in [-0.1, -0.05) is 0 Å². The molecule has 1 aromatic carbocycles. The van der Waals surface area contributed by atoms with E-state index in [1.54, 1.807) is 12.1 Å². The van der Waals surface area contributed by atoms with Crippen LogP contribution in [-0.2, 0) is 9.59 Å². The quantitative estimate of drug-likeness (QED) is 0.915. The van der Waals surface area contributed by atoms with Gasteiger partial charge >= 0.3 is 5.97 Å². The minimum absolute atomic E-state index is 0.0250. The molecule has 1 aliphatic carbocycles. The second kappa shape index (κ2) is 5.52. The third-order valence-corrected chi connectivity index (χ3v) is 4.35. The van der Waals surface area contributed by atoms with Crippen LogP contribution in [0.3, 0.4) is 0 Å². The van der Waals surface area contributed by atoms with Gasteiger partial charge in [-0.25, -0.2) is 4.39 Å². The number of carboxylic acids is 1. The molecule has 1 aliphatic rings. The standard InChI is InChI=1S/C13H13FO3S/c14-9-2-4-10(5-3-9)18-12-6-1-8(13(16)17)7-11(12)15/h2-5,8,12H,1,6-7H2,(H,16,17). The zero-order valence-corrected chi connectivity index (χ0v) is 10.5. The van der Waals surface area contributed by atoms with Crippen LogP contribution in [0.15, 0.2) is 29.2 Å². The maximum atomic E-state index is 12.7. The maximum Gasteiger partial charge on any atom is 0.306 e. The number of benzene rings is 1. The van der Waals surface area contributed by atoms with Gasteiger partial charge in [-0.3, -0.25) is 9.59 Å². The SMILES string of the molecule is O=C(O)C1CCC(Sc2ccc(F)cc2)C(=O)C1. The first-order valence-electron chi connectivity index (χ1n) is 5.74. The van der Waals surface area contributed by atoms with Crippen LogP contribution < -0.4 is 0 Å². The van der Waals surface area contributed by atoms with Crippen LogP contribution >= 0.6 is 11.8 Å². The van der Waals surface area contributed by atoms with Gasteiger partial charge in [0, 0.05) is 11.3 Å². The lowest BCUT2D eigenvalue weighted by molar-refractivity contribution is -0.145. The zero-order valence-electron chi connectivity index (χ0n) is 9.64. The molecule has 3 nitrogen and oxygen atoms in total. The van der Waals surface area contributed by atoms with Crippen molar-refractivity contribution in [3.8, 4) is 0 Å². The highest BCUT2D eigenvalue weighted by Gasteiger charge is 2.32. The lowest BCUT2D eigenvalue weighted by atomic mass is 9.88. The molecule has 0 heterocycles. The third kappa shape index (κ3) is 3.10. The summed E-state index contributed by atoms with van der Waals surface area (Å²) in [6, 6.07) is 5.98. The minimum Gasteiger partial charge on any atom is -0.481 e. The zero-order chi connectivity index (χ0) is 13.1. The minimum atomic E-state index is -0.895. The van der Waals surface area contributed by atoms with Gasteiger partial charge in [-0.15, -0.1) is 11.8 Å². The average Bonchev–Trinajstić information content (AvgIpc) is 2.34. The molecular formula is C13H13FO3S. The molecule has 0 bridgehead atoms. The van der Waals surface area contributed by atoms with Gasteiger partial charge in [0.15, 0.2) is 0 Å². The summed E-state index contributed by atoms with van der Waals surface area (Å²) in [6.45, 7) is 0. The molecular weight excluding hydrogens is 255 g/mol. The number of hydrogen-bond donors (Lipinski definition) is 1. The van der Waals surface area contributed by atoms with E-state index in [0.29, 0.717) is 12.8 Å². The van der Waals surface area contributed by atoms with E-state index in [4.69, 9.17) is 5.11 Å². The van der Waals surface area contributed by atoms with E-state index >= 15 is 0 Å². The van der Waals surface area contributed by atoms with Crippen LogP contribution in [0.5, 0.6) is 0 Å². The average molecular weight is 268 g/mol. The van der Waals surface area contributed by atoms with E-state index in [0.717, 1.165) is 4.90 Å². The maximum absolute atomic E-state index is 12.7. The smallest absolute Gasteiger partial charge is 0.306 e. The van der Waals surface area contributed by atoms with Gasteiger partial charge in [-0.2, -0.15) is 0 Å². The number of carbonyl (C=O) groups excluding carboxylic acids is 1. The largest absolute Gasteiger partial charge is 0.481 e. The Bertz CT molecular complexity index is 458. The summed E-state index contributed by atoms with van der Waals surface area (Å²) in [5.41, 5.74) is 0. The highest BCUT2D eigenvalue weighted by Crippen LogP contribution is 2.34. The first kappa shape index (κ1) is 13.1. The summed E-state index contributed by atoms with van der Waals surface area (Å²) in [7, 11) is 0. The number of ketones is 1. The lowest BCUT2D eigenvalue weighted by Crippen LogP contribution is -2.30. The van der Waals surface area contributed by atoms with Gasteiger partial charge in [0.2, 0.25) is 0 Å². The van der Waals surface area contributed by atoms with E-state index in [-0.39, 0.29) is 23.3 Å². The summed E-state index contributed by atoms with van der Waals surface area (Å²) < 4.78 is 12.7. The van der Waals surface area contributed by atoms with E-state index in [1.807, 2.05) is 0 Å². The Morgan fingerprint density at radius 3 is 2.50 bits per heavy atom. The van der Waals surface area contributed by atoms with Crippen molar-refractivity contribution in [2.45, 2.75) is 29.4 Å². The highest BCUT2D eigenvalue weighted by molar-refractivity contribution is 8.00. The fraction of sp³-hybridized carbons (Fsp3) is 0.385. The third-order valence-electron chi connectivity index (χ3n) is 3.03. The summed E-state index contributed by atoms with van der Waals surface area (Å²) in [4.78, 5) is 23.5. The number of rotatable bonds is 3. The van der Waals surface area contributed by atoms with Gasteiger partial charge in [0.25, 0.3) is 0 Å². The molecule has 0 saturated heterocycles. The normalized spacial score (nSPS) is 23.9. The van der Waals surface area contributed by atoms with Gasteiger partial charge in [0.1, 0.15) is 11.6 Å². The predicted molar refractivity (Wildman–Crippen MR) is 66.0 cm³/mol. The number of halogens is 1. The van der Waals surface area contributed by atoms with Crippen molar-refractivity contribution in [3.63, 3.8) is 0 Å². The molecule has 2 unspecified atom stereocenters. The Morgan fingerprint density at radius 1 is 1.28 bits per heavy atom. The van der Waals surface area contributed by atoms with Crippen LogP contribution in [0.4, 0.5) is 4.39 Å². The number of Topliss-reactive ketones (excluding diaryl/α,β-unsaturated/α-hetero) is 1. The molecule has 0 aliphatic heterocycles. The molecule has 96 valence electrons. The Morgan fingerprint density at radius 2 is 1.94 bits per heavy atom. The molecule has 1 aromatic rings. The summed E-state index contributed by atoms with van der Waals surface area (Å²) >= 11 is 1.39. The van der Waals surface area contributed by atoms with E-state index < -0.39 is 11.9 Å². The second-order valence-corrected chi connectivity index (χ2v) is 5.62. The fourth-order valence-corrected chi connectivity index (χ4v) is 3.11. The number of aliphatic carboxylic acids is 1. The molecule has 2 rings (SSSR count). The first-order valence-corrected chi connectivity index (χ1v) is 6.62. The molecule has 1 fully saturated rings. The fourth-order valence-electron chi connectivity index (χ4n) is 2.00. The molecule has 0 aromatic heterocycles. The number of hydrogen-bond acceptors (Lipinski definition) is 3. The van der Waals surface area contributed by atoms with Crippen LogP contribution in [0.2, 0.25) is 0 Å². The van der Waals surface area contributed by atoms with Crippen molar-refractivity contribution in [2.75, 3.05) is 0 Å². The summed E-state index contributed by atoms with van der Waals surface area (Å²) in [6.07, 6.45) is 1.20. The van der Waals surface area contributed by atoms with Crippen molar-refractivity contribution in [2.24, 2.45) is 5.92 Å². The lowest BCUT2D eigenvalue weighted by Gasteiger charge is -2.24. The molecule has 1 N–H and O–H groups in total. The number of thioether (sulfide) groups is 1. The van der Waals surface area contributed by atoms with Gasteiger partial charge in [-0.05, 0) is 37.1 Å². The second-order valence-electron chi connectivity index (χ2n) is 4.34. The van der Waals surface area contributed by atoms with E-state index in [9.17, 15) is 14.0 Å². The highest BCUT2D eigenvalue weighted by atomic mass is 32.2. The molecule has 2 atom stereocenters. The Balaban J connectivity index is 1.97. The van der Waals surface area contributed by atoms with Crippen molar-refractivity contribution in [3.05, 3.63) is 30.1 Å². The van der Waals surface area contributed by atoms with Crippen molar-refractivity contribution < 1.29 is 19.1 Å². The Kier molecular flexibility index (Phi) is 4.01. The van der Waals surface area contributed by atoms with Crippen LogP contribution in [-0.4, -0.2) is 22.1 Å². The van der Waals surface area contributed by atoms with E-state index in [2.05, 4.69) is 0 Å². The number of carbonyl (C=O) groups is 2. The predicted octanol–water partition coefficient (Wildman–Crippen LogP) is 2.74. The van der Waals surface area contributed by atoms with Crippen molar-refractivity contribution in [1.82, 2.24) is 0 Å². The monoisotopic (exact) mass is 268 g/mol. The van der Waals surface area contributed by atoms with E-state index in [1.165, 1.54) is 23.9 Å². The summed E-state index contributed by atoms with van der Waals surface area (Å²) in [5, 5.41) is 8.66. The van der Waals surface area contributed by atoms with Crippen molar-refractivity contribution >= 4 is 23.5 Å². The molecule has 5 heteroatoms.